The molecule has 2 fully saturated rings. The number of unbranched alkanes of at least 4 members (excludes halogenated alkanes) is 6. The molecule has 4 rings (SSSR count). The first-order valence-electron chi connectivity index (χ1n) is 13.5. The SMILES string of the molecule is CC(=O)O[C@H]1CCC2C3C(CC[C@@]21C)c1ccc(O)cc1C[C@H]3CCCCCCCCCCl. The fourth-order valence-electron chi connectivity index (χ4n) is 7.79. The number of benzene rings is 1. The molecule has 0 saturated heterocycles. The van der Waals surface area contributed by atoms with E-state index in [1.807, 2.05) is 12.1 Å². The summed E-state index contributed by atoms with van der Waals surface area (Å²) in [5.74, 6) is 3.62. The highest BCUT2D eigenvalue weighted by atomic mass is 35.5. The number of phenols is 1. The number of hydrogen-bond donors (Lipinski definition) is 1. The van der Waals surface area contributed by atoms with Crippen LogP contribution in [0.3, 0.4) is 0 Å². The van der Waals surface area contributed by atoms with Gasteiger partial charge in [-0.3, -0.25) is 4.79 Å². The summed E-state index contributed by atoms with van der Waals surface area (Å²) in [6.45, 7) is 3.96. The normalized spacial score (nSPS) is 32.6. The lowest BCUT2D eigenvalue weighted by Gasteiger charge is -2.53. The molecule has 0 aliphatic heterocycles. The van der Waals surface area contributed by atoms with Crippen LogP contribution in [0.1, 0.15) is 108 Å². The molecule has 1 aromatic carbocycles. The Hall–Kier alpha value is -1.22. The maximum Gasteiger partial charge on any atom is 0.302 e. The molecule has 6 atom stereocenters. The van der Waals surface area contributed by atoms with E-state index in [9.17, 15) is 9.90 Å². The highest BCUT2D eigenvalue weighted by Crippen LogP contribution is 2.63. The second-order valence-electron chi connectivity index (χ2n) is 11.3. The van der Waals surface area contributed by atoms with Gasteiger partial charge in [0.05, 0.1) is 0 Å². The Labute approximate surface area is 205 Å². The molecule has 2 saturated carbocycles. The van der Waals surface area contributed by atoms with E-state index in [0.717, 1.165) is 31.6 Å². The zero-order chi connectivity index (χ0) is 23.4. The molecular weight excluding hydrogens is 432 g/mol. The quantitative estimate of drug-likeness (QED) is 0.214. The molecule has 4 heteroatoms. The van der Waals surface area contributed by atoms with Crippen molar-refractivity contribution in [2.75, 3.05) is 5.88 Å². The average Bonchev–Trinajstić information content (AvgIpc) is 3.10. The third kappa shape index (κ3) is 5.39. The maximum absolute atomic E-state index is 11.8. The lowest BCUT2D eigenvalue weighted by molar-refractivity contribution is -0.155. The average molecular weight is 475 g/mol. The molecule has 0 amide bonds. The second-order valence-corrected chi connectivity index (χ2v) is 11.7. The van der Waals surface area contributed by atoms with Gasteiger partial charge in [0.25, 0.3) is 0 Å². The first-order chi connectivity index (χ1) is 15.9. The van der Waals surface area contributed by atoms with Crippen molar-refractivity contribution in [3.63, 3.8) is 0 Å². The number of fused-ring (bicyclic) bond motifs is 5. The van der Waals surface area contributed by atoms with Crippen LogP contribution in [0.5, 0.6) is 5.75 Å². The Kier molecular flexibility index (Phi) is 8.31. The van der Waals surface area contributed by atoms with Crippen molar-refractivity contribution >= 4 is 17.6 Å². The van der Waals surface area contributed by atoms with Crippen molar-refractivity contribution in [2.45, 2.75) is 109 Å². The van der Waals surface area contributed by atoms with Crippen LogP contribution in [0.4, 0.5) is 0 Å². The summed E-state index contributed by atoms with van der Waals surface area (Å²) in [6.07, 6.45) is 15.9. The Morgan fingerprint density at radius 2 is 1.82 bits per heavy atom. The fraction of sp³-hybridized carbons (Fsp3) is 0.759. The van der Waals surface area contributed by atoms with Crippen LogP contribution in [-0.4, -0.2) is 23.1 Å². The molecule has 3 nitrogen and oxygen atoms in total. The Balaban J connectivity index is 1.46. The maximum atomic E-state index is 11.8. The van der Waals surface area contributed by atoms with Gasteiger partial charge in [0.1, 0.15) is 11.9 Å². The number of hydrogen-bond acceptors (Lipinski definition) is 3. The number of halogens is 1. The molecule has 1 N–H and O–H groups in total. The number of ether oxygens (including phenoxy) is 1. The summed E-state index contributed by atoms with van der Waals surface area (Å²) in [5, 5.41) is 10.2. The van der Waals surface area contributed by atoms with E-state index in [1.165, 1.54) is 68.9 Å². The van der Waals surface area contributed by atoms with Gasteiger partial charge in [-0.1, -0.05) is 51.5 Å². The third-order valence-corrected chi connectivity index (χ3v) is 9.58. The fourth-order valence-corrected chi connectivity index (χ4v) is 7.98. The van der Waals surface area contributed by atoms with Gasteiger partial charge in [-0.15, -0.1) is 11.6 Å². The van der Waals surface area contributed by atoms with Crippen LogP contribution >= 0.6 is 11.6 Å². The first-order valence-corrected chi connectivity index (χ1v) is 14.0. The van der Waals surface area contributed by atoms with Crippen LogP contribution in [0, 0.1) is 23.2 Å². The zero-order valence-electron chi connectivity index (χ0n) is 20.7. The second kappa shape index (κ2) is 11.0. The minimum Gasteiger partial charge on any atom is -0.508 e. The van der Waals surface area contributed by atoms with Crippen molar-refractivity contribution in [1.29, 1.82) is 0 Å². The summed E-state index contributed by atoms with van der Waals surface area (Å²) >= 11 is 5.79. The molecule has 0 spiro atoms. The van der Waals surface area contributed by atoms with E-state index >= 15 is 0 Å². The van der Waals surface area contributed by atoms with Crippen molar-refractivity contribution in [1.82, 2.24) is 0 Å². The number of aromatic hydroxyl groups is 1. The molecule has 3 unspecified atom stereocenters. The summed E-state index contributed by atoms with van der Waals surface area (Å²) in [6, 6.07) is 6.10. The largest absolute Gasteiger partial charge is 0.508 e. The van der Waals surface area contributed by atoms with Crippen LogP contribution in [0.15, 0.2) is 18.2 Å². The number of carbonyl (C=O) groups is 1. The zero-order valence-corrected chi connectivity index (χ0v) is 21.4. The van der Waals surface area contributed by atoms with Crippen molar-refractivity contribution < 1.29 is 14.6 Å². The predicted octanol–water partition coefficient (Wildman–Crippen LogP) is 7.77. The monoisotopic (exact) mass is 474 g/mol. The van der Waals surface area contributed by atoms with Gasteiger partial charge in [-0.2, -0.15) is 0 Å². The number of esters is 1. The minimum atomic E-state index is -0.129. The molecule has 33 heavy (non-hydrogen) atoms. The number of rotatable bonds is 10. The topological polar surface area (TPSA) is 46.5 Å². The predicted molar refractivity (Wildman–Crippen MR) is 135 cm³/mol. The Bertz CT molecular complexity index is 808. The summed E-state index contributed by atoms with van der Waals surface area (Å²) < 4.78 is 5.86. The van der Waals surface area contributed by atoms with Crippen LogP contribution < -0.4 is 0 Å². The summed E-state index contributed by atoms with van der Waals surface area (Å²) in [4.78, 5) is 11.8. The van der Waals surface area contributed by atoms with E-state index in [2.05, 4.69) is 13.0 Å². The van der Waals surface area contributed by atoms with Crippen molar-refractivity contribution in [2.24, 2.45) is 23.2 Å². The van der Waals surface area contributed by atoms with Gasteiger partial charge < -0.3 is 9.84 Å². The highest BCUT2D eigenvalue weighted by molar-refractivity contribution is 6.17. The highest BCUT2D eigenvalue weighted by Gasteiger charge is 2.57. The molecule has 0 heterocycles. The lowest BCUT2D eigenvalue weighted by Crippen LogP contribution is -2.48. The van der Waals surface area contributed by atoms with Gasteiger partial charge >= 0.3 is 5.97 Å². The number of alkyl halides is 1. The van der Waals surface area contributed by atoms with E-state index in [4.69, 9.17) is 16.3 Å². The number of phenolic OH excluding ortho intramolecular Hbond substituents is 1. The molecule has 184 valence electrons. The van der Waals surface area contributed by atoms with Gasteiger partial charge in [0, 0.05) is 18.2 Å². The van der Waals surface area contributed by atoms with Crippen LogP contribution in [0.2, 0.25) is 0 Å². The summed E-state index contributed by atoms with van der Waals surface area (Å²) in [7, 11) is 0. The van der Waals surface area contributed by atoms with E-state index in [1.54, 1.807) is 6.92 Å². The minimum absolute atomic E-state index is 0.0794. The molecule has 0 radical (unpaired) electrons. The molecule has 3 aliphatic carbocycles. The van der Waals surface area contributed by atoms with Crippen molar-refractivity contribution in [3.05, 3.63) is 29.3 Å². The molecule has 0 aromatic heterocycles. The molecule has 3 aliphatic rings. The standard InChI is InChI=1S/C29H43ClO3/c1-20(31)33-27-14-13-26-28-21(10-8-6-4-3-5-7-9-17-30)18-22-19-23(32)11-12-24(22)25(28)15-16-29(26,27)2/h11-12,19,21,25-28,32H,3-10,13-18H2,1-2H3/t21-,25?,26?,27+,28?,29+/m1/s1. The van der Waals surface area contributed by atoms with Gasteiger partial charge in [0.2, 0.25) is 0 Å². The van der Waals surface area contributed by atoms with Gasteiger partial charge in [0.15, 0.2) is 0 Å². The Morgan fingerprint density at radius 3 is 2.55 bits per heavy atom. The first kappa shape index (κ1) is 24.9. The molecule has 0 bridgehead atoms. The van der Waals surface area contributed by atoms with Crippen LogP contribution in [0.25, 0.3) is 0 Å². The van der Waals surface area contributed by atoms with E-state index in [0.29, 0.717) is 29.4 Å². The van der Waals surface area contributed by atoms with Crippen LogP contribution in [-0.2, 0) is 16.0 Å². The number of carbonyl (C=O) groups excluding carboxylic acids is 1. The van der Waals surface area contributed by atoms with Gasteiger partial charge in [-0.05, 0) is 91.9 Å². The van der Waals surface area contributed by atoms with E-state index in [-0.39, 0.29) is 17.5 Å². The Morgan fingerprint density at radius 1 is 1.09 bits per heavy atom. The third-order valence-electron chi connectivity index (χ3n) is 9.31. The molecular formula is C29H43ClO3. The molecule has 1 aromatic rings. The van der Waals surface area contributed by atoms with Gasteiger partial charge in [-0.25, -0.2) is 0 Å². The smallest absolute Gasteiger partial charge is 0.302 e. The summed E-state index contributed by atoms with van der Waals surface area (Å²) in [5.41, 5.74) is 2.97. The lowest BCUT2D eigenvalue weighted by atomic mass is 9.52. The van der Waals surface area contributed by atoms with Crippen molar-refractivity contribution in [3.8, 4) is 5.75 Å². The van der Waals surface area contributed by atoms with E-state index < -0.39 is 0 Å².